The average Bonchev–Trinajstić information content (AvgIpc) is 3.35. The summed E-state index contributed by atoms with van der Waals surface area (Å²) in [4.78, 5) is 6.56. The van der Waals surface area contributed by atoms with Crippen molar-refractivity contribution >= 4 is 11.6 Å². The minimum Gasteiger partial charge on any atom is -0.375 e. The van der Waals surface area contributed by atoms with E-state index in [2.05, 4.69) is 57.9 Å². The zero-order valence-electron chi connectivity index (χ0n) is 13.3. The van der Waals surface area contributed by atoms with Gasteiger partial charge >= 0.3 is 0 Å². The first-order chi connectivity index (χ1) is 10.3. The van der Waals surface area contributed by atoms with Crippen molar-refractivity contribution in [1.29, 1.82) is 0 Å². The van der Waals surface area contributed by atoms with Crippen molar-refractivity contribution in [2.45, 2.75) is 25.7 Å². The number of anilines is 1. The summed E-state index contributed by atoms with van der Waals surface area (Å²) < 4.78 is 0. The molecule has 1 saturated carbocycles. The van der Waals surface area contributed by atoms with Crippen molar-refractivity contribution < 1.29 is 0 Å². The third-order valence-corrected chi connectivity index (χ3v) is 3.89. The third kappa shape index (κ3) is 6.06. The van der Waals surface area contributed by atoms with Crippen LogP contribution in [0, 0.1) is 5.92 Å². The summed E-state index contributed by atoms with van der Waals surface area (Å²) in [5.41, 5.74) is 1.28. The molecule has 2 N–H and O–H groups in total. The molecule has 0 spiro atoms. The van der Waals surface area contributed by atoms with Crippen molar-refractivity contribution in [3.05, 3.63) is 30.3 Å². The van der Waals surface area contributed by atoms with E-state index in [9.17, 15) is 0 Å². The minimum absolute atomic E-state index is 0.878. The number of nitrogens with one attached hydrogen (secondary N) is 2. The van der Waals surface area contributed by atoms with Crippen molar-refractivity contribution in [3.63, 3.8) is 0 Å². The summed E-state index contributed by atoms with van der Waals surface area (Å²) in [5, 5.41) is 6.77. The van der Waals surface area contributed by atoms with Gasteiger partial charge in [0.15, 0.2) is 5.96 Å². The highest BCUT2D eigenvalue weighted by molar-refractivity contribution is 5.79. The van der Waals surface area contributed by atoms with E-state index in [1.165, 1.54) is 24.9 Å². The normalized spacial score (nSPS) is 14.9. The Morgan fingerprint density at radius 1 is 1.19 bits per heavy atom. The van der Waals surface area contributed by atoms with E-state index in [0.29, 0.717) is 0 Å². The van der Waals surface area contributed by atoms with Gasteiger partial charge in [-0.25, -0.2) is 0 Å². The van der Waals surface area contributed by atoms with Crippen LogP contribution < -0.4 is 15.5 Å². The first-order valence-electron chi connectivity index (χ1n) is 8.00. The highest BCUT2D eigenvalue weighted by atomic mass is 15.2. The van der Waals surface area contributed by atoms with Crippen LogP contribution >= 0.6 is 0 Å². The Kier molecular flexibility index (Phi) is 6.38. The summed E-state index contributed by atoms with van der Waals surface area (Å²) in [6, 6.07) is 10.5. The molecule has 21 heavy (non-hydrogen) atoms. The van der Waals surface area contributed by atoms with Gasteiger partial charge in [-0.15, -0.1) is 0 Å². The predicted octanol–water partition coefficient (Wildman–Crippen LogP) is 2.48. The third-order valence-electron chi connectivity index (χ3n) is 3.89. The van der Waals surface area contributed by atoms with E-state index in [4.69, 9.17) is 0 Å². The number of rotatable bonds is 8. The maximum absolute atomic E-state index is 4.25. The summed E-state index contributed by atoms with van der Waals surface area (Å²) >= 11 is 0. The zero-order chi connectivity index (χ0) is 14.9. The van der Waals surface area contributed by atoms with Crippen LogP contribution in [0.2, 0.25) is 0 Å². The van der Waals surface area contributed by atoms with Crippen LogP contribution in [0.4, 0.5) is 5.69 Å². The molecule has 4 nitrogen and oxygen atoms in total. The number of nitrogens with zero attached hydrogens (tertiary/aromatic N) is 2. The van der Waals surface area contributed by atoms with Crippen LogP contribution in [0.25, 0.3) is 0 Å². The van der Waals surface area contributed by atoms with E-state index in [-0.39, 0.29) is 0 Å². The molecule has 1 aromatic rings. The van der Waals surface area contributed by atoms with E-state index in [1.807, 2.05) is 7.05 Å². The second-order valence-electron chi connectivity index (χ2n) is 5.79. The molecular formula is C17H28N4. The Labute approximate surface area is 128 Å². The molecular weight excluding hydrogens is 260 g/mol. The molecule has 1 aliphatic rings. The summed E-state index contributed by atoms with van der Waals surface area (Å²) in [7, 11) is 3.99. The molecule has 0 radical (unpaired) electrons. The van der Waals surface area contributed by atoms with Gasteiger partial charge in [0.1, 0.15) is 0 Å². The van der Waals surface area contributed by atoms with Crippen LogP contribution in [-0.4, -0.2) is 39.7 Å². The van der Waals surface area contributed by atoms with Gasteiger partial charge in [0.05, 0.1) is 0 Å². The molecule has 0 amide bonds. The molecule has 0 bridgehead atoms. The highest BCUT2D eigenvalue weighted by Crippen LogP contribution is 2.27. The number of unbranched alkanes of at least 4 members (excludes halogenated alkanes) is 1. The molecule has 1 fully saturated rings. The van der Waals surface area contributed by atoms with Crippen molar-refractivity contribution in [2.24, 2.45) is 10.9 Å². The molecule has 1 aromatic carbocycles. The van der Waals surface area contributed by atoms with Crippen LogP contribution in [0.1, 0.15) is 25.7 Å². The monoisotopic (exact) mass is 288 g/mol. The Morgan fingerprint density at radius 2 is 1.95 bits per heavy atom. The Bertz CT molecular complexity index is 426. The van der Waals surface area contributed by atoms with Gasteiger partial charge in [0, 0.05) is 39.4 Å². The Morgan fingerprint density at radius 3 is 2.62 bits per heavy atom. The van der Waals surface area contributed by atoms with Gasteiger partial charge in [-0.1, -0.05) is 18.2 Å². The smallest absolute Gasteiger partial charge is 0.190 e. The van der Waals surface area contributed by atoms with Gasteiger partial charge in [-0.2, -0.15) is 0 Å². The summed E-state index contributed by atoms with van der Waals surface area (Å²) in [6.45, 7) is 3.13. The van der Waals surface area contributed by atoms with Crippen LogP contribution in [0.5, 0.6) is 0 Å². The SMILES string of the molecule is CN=C(NCCCCN(C)c1ccccc1)NCC1CC1. The lowest BCUT2D eigenvalue weighted by Gasteiger charge is -2.19. The molecule has 0 saturated heterocycles. The number of hydrogen-bond acceptors (Lipinski definition) is 2. The minimum atomic E-state index is 0.878. The zero-order valence-corrected chi connectivity index (χ0v) is 13.3. The van der Waals surface area contributed by atoms with Crippen molar-refractivity contribution in [3.8, 4) is 0 Å². The number of hydrogen-bond donors (Lipinski definition) is 2. The topological polar surface area (TPSA) is 39.7 Å². The van der Waals surface area contributed by atoms with Crippen LogP contribution in [-0.2, 0) is 0 Å². The number of aliphatic imine (C=N–C) groups is 1. The maximum Gasteiger partial charge on any atom is 0.190 e. The lowest BCUT2D eigenvalue weighted by Crippen LogP contribution is -2.38. The molecule has 1 aliphatic carbocycles. The number of para-hydroxylation sites is 1. The van der Waals surface area contributed by atoms with E-state index < -0.39 is 0 Å². The standard InChI is InChI=1S/C17H28N4/c1-18-17(20-14-15-10-11-15)19-12-6-7-13-21(2)16-8-4-3-5-9-16/h3-5,8-9,15H,6-7,10-14H2,1-2H3,(H2,18,19,20). The molecule has 2 rings (SSSR count). The predicted molar refractivity (Wildman–Crippen MR) is 91.0 cm³/mol. The second-order valence-corrected chi connectivity index (χ2v) is 5.79. The fourth-order valence-corrected chi connectivity index (χ4v) is 2.28. The number of benzene rings is 1. The van der Waals surface area contributed by atoms with Crippen LogP contribution in [0.15, 0.2) is 35.3 Å². The Hall–Kier alpha value is -1.71. The van der Waals surface area contributed by atoms with Gasteiger partial charge < -0.3 is 15.5 Å². The molecule has 0 unspecified atom stereocenters. The van der Waals surface area contributed by atoms with Gasteiger partial charge in [0.2, 0.25) is 0 Å². The first-order valence-corrected chi connectivity index (χ1v) is 8.00. The van der Waals surface area contributed by atoms with E-state index in [0.717, 1.165) is 37.9 Å². The van der Waals surface area contributed by atoms with Gasteiger partial charge in [-0.05, 0) is 43.7 Å². The molecule has 0 heterocycles. The van der Waals surface area contributed by atoms with Gasteiger partial charge in [-0.3, -0.25) is 4.99 Å². The lowest BCUT2D eigenvalue weighted by molar-refractivity contribution is 0.678. The van der Waals surface area contributed by atoms with Crippen molar-refractivity contribution in [2.75, 3.05) is 38.6 Å². The molecule has 0 aromatic heterocycles. The summed E-state index contributed by atoms with van der Waals surface area (Å²) in [6.07, 6.45) is 5.07. The molecule has 4 heteroatoms. The van der Waals surface area contributed by atoms with Crippen molar-refractivity contribution in [1.82, 2.24) is 10.6 Å². The Balaban J connectivity index is 1.54. The molecule has 116 valence electrons. The first kappa shape index (κ1) is 15.7. The molecule has 0 aliphatic heterocycles. The molecule has 0 atom stereocenters. The van der Waals surface area contributed by atoms with E-state index in [1.54, 1.807) is 0 Å². The second kappa shape index (κ2) is 8.55. The maximum atomic E-state index is 4.25. The van der Waals surface area contributed by atoms with Crippen LogP contribution in [0.3, 0.4) is 0 Å². The average molecular weight is 288 g/mol. The highest BCUT2D eigenvalue weighted by Gasteiger charge is 2.20. The van der Waals surface area contributed by atoms with Gasteiger partial charge in [0.25, 0.3) is 0 Å². The largest absolute Gasteiger partial charge is 0.375 e. The number of guanidine groups is 1. The summed E-state index contributed by atoms with van der Waals surface area (Å²) in [5.74, 6) is 1.82. The fraction of sp³-hybridized carbons (Fsp3) is 0.588. The fourth-order valence-electron chi connectivity index (χ4n) is 2.28. The lowest BCUT2D eigenvalue weighted by atomic mass is 10.2. The quantitative estimate of drug-likeness (QED) is 0.438. The van der Waals surface area contributed by atoms with E-state index >= 15 is 0 Å².